The smallest absolute Gasteiger partial charge is 0.339 e. The molecule has 0 spiro atoms. The Morgan fingerprint density at radius 1 is 0.912 bits per heavy atom. The fourth-order valence-electron chi connectivity index (χ4n) is 3.41. The van der Waals surface area contributed by atoms with Gasteiger partial charge in [0.1, 0.15) is 5.01 Å². The molecule has 4 rings (SSSR count). The molecule has 1 heterocycles. The summed E-state index contributed by atoms with van der Waals surface area (Å²) in [7, 11) is 0. The Labute approximate surface area is 200 Å². The van der Waals surface area contributed by atoms with Gasteiger partial charge in [0.15, 0.2) is 6.10 Å². The molecule has 0 aliphatic rings. The highest BCUT2D eigenvalue weighted by atomic mass is 32.1. The third-order valence-electron chi connectivity index (χ3n) is 5.06. The van der Waals surface area contributed by atoms with Crippen LogP contribution in [0.1, 0.15) is 30.6 Å². The third-order valence-corrected chi connectivity index (χ3v) is 6.13. The first-order chi connectivity index (χ1) is 16.4. The molecule has 0 fully saturated rings. The average molecular weight is 474 g/mol. The Kier molecular flexibility index (Phi) is 6.98. The number of hydrogen-bond acceptors (Lipinski definition) is 6. The van der Waals surface area contributed by atoms with E-state index >= 15 is 0 Å². The van der Waals surface area contributed by atoms with Crippen molar-refractivity contribution in [3.8, 4) is 10.6 Å². The lowest BCUT2D eigenvalue weighted by molar-refractivity contribution is -0.124. The minimum absolute atomic E-state index is 0.180. The molecule has 0 saturated carbocycles. The van der Waals surface area contributed by atoms with Crippen LogP contribution in [-0.2, 0) is 14.3 Å². The summed E-state index contributed by atoms with van der Waals surface area (Å²) in [5, 5.41) is 6.13. The molecule has 0 bridgehead atoms. The van der Waals surface area contributed by atoms with Gasteiger partial charge in [0.05, 0.1) is 15.8 Å². The van der Waals surface area contributed by atoms with Crippen LogP contribution in [0.15, 0.2) is 72.8 Å². The van der Waals surface area contributed by atoms with Crippen LogP contribution in [-0.4, -0.2) is 28.9 Å². The van der Waals surface area contributed by atoms with Crippen LogP contribution in [0.5, 0.6) is 0 Å². The maximum absolute atomic E-state index is 13.1. The first-order valence-corrected chi connectivity index (χ1v) is 11.6. The van der Waals surface area contributed by atoms with Crippen LogP contribution in [0, 0.1) is 0 Å². The van der Waals surface area contributed by atoms with Crippen LogP contribution in [0.4, 0.5) is 11.4 Å². The van der Waals surface area contributed by atoms with Gasteiger partial charge in [0, 0.05) is 23.9 Å². The predicted molar refractivity (Wildman–Crippen MR) is 134 cm³/mol. The summed E-state index contributed by atoms with van der Waals surface area (Å²) in [6.07, 6.45) is -0.656. The topological polar surface area (TPSA) is 97.4 Å². The van der Waals surface area contributed by atoms with Crippen LogP contribution < -0.4 is 10.6 Å². The molecule has 0 aliphatic carbocycles. The van der Waals surface area contributed by atoms with Crippen molar-refractivity contribution in [2.24, 2.45) is 0 Å². The Hall–Kier alpha value is -4.04. The number of amides is 2. The molecule has 172 valence electrons. The van der Waals surface area contributed by atoms with E-state index in [0.717, 1.165) is 10.2 Å². The van der Waals surface area contributed by atoms with E-state index in [1.54, 1.807) is 43.3 Å². The molecule has 1 atom stereocenters. The van der Waals surface area contributed by atoms with Crippen molar-refractivity contribution in [1.29, 1.82) is 0 Å². The van der Waals surface area contributed by atoms with E-state index in [2.05, 4.69) is 15.6 Å². The minimum Gasteiger partial charge on any atom is -0.449 e. The van der Waals surface area contributed by atoms with Crippen LogP contribution >= 0.6 is 11.3 Å². The summed E-state index contributed by atoms with van der Waals surface area (Å²) in [6.45, 7) is 3.20. The van der Waals surface area contributed by atoms with Gasteiger partial charge in [-0.1, -0.05) is 37.3 Å². The molecule has 2 N–H and O–H groups in total. The molecule has 34 heavy (non-hydrogen) atoms. The van der Waals surface area contributed by atoms with Gasteiger partial charge < -0.3 is 15.4 Å². The second kappa shape index (κ2) is 10.3. The predicted octanol–water partition coefficient (Wildman–Crippen LogP) is 5.50. The SMILES string of the molecule is CCC(OC(=O)c1ccccc1-c1nc2ccccc2s1)C(=O)Nc1ccc(NC(C)=O)cc1. The number of nitrogens with zero attached hydrogens (tertiary/aromatic N) is 1. The number of benzene rings is 3. The number of carbonyl (C=O) groups is 3. The number of hydrogen-bond donors (Lipinski definition) is 2. The molecular weight excluding hydrogens is 450 g/mol. The van der Waals surface area contributed by atoms with Gasteiger partial charge in [-0.15, -0.1) is 11.3 Å². The number of nitrogens with one attached hydrogen (secondary N) is 2. The lowest BCUT2D eigenvalue weighted by atomic mass is 10.1. The summed E-state index contributed by atoms with van der Waals surface area (Å²) < 4.78 is 6.63. The molecule has 0 radical (unpaired) electrons. The number of anilines is 2. The monoisotopic (exact) mass is 473 g/mol. The van der Waals surface area contributed by atoms with Crippen molar-refractivity contribution in [1.82, 2.24) is 4.98 Å². The highest BCUT2D eigenvalue weighted by molar-refractivity contribution is 7.21. The normalized spacial score (nSPS) is 11.6. The number of aromatic nitrogens is 1. The van der Waals surface area contributed by atoms with Crippen LogP contribution in [0.3, 0.4) is 0 Å². The molecular formula is C26H23N3O4S. The average Bonchev–Trinajstić information content (AvgIpc) is 3.27. The van der Waals surface area contributed by atoms with E-state index in [4.69, 9.17) is 4.74 Å². The van der Waals surface area contributed by atoms with Gasteiger partial charge in [0.25, 0.3) is 5.91 Å². The van der Waals surface area contributed by atoms with Crippen molar-refractivity contribution in [3.63, 3.8) is 0 Å². The Morgan fingerprint density at radius 3 is 2.24 bits per heavy atom. The number of esters is 1. The van der Waals surface area contributed by atoms with E-state index < -0.39 is 18.0 Å². The molecule has 0 aliphatic heterocycles. The molecule has 0 saturated heterocycles. The maximum atomic E-state index is 13.1. The fourth-order valence-corrected chi connectivity index (χ4v) is 4.42. The summed E-state index contributed by atoms with van der Waals surface area (Å²) in [5.41, 5.74) is 3.03. The first kappa shape index (κ1) is 23.1. The number of para-hydroxylation sites is 1. The standard InChI is InChI=1S/C26H23N3O4S/c1-3-22(24(31)28-18-14-12-17(13-15-18)27-16(2)30)33-26(32)20-9-5-4-8-19(20)25-29-21-10-6-7-11-23(21)34-25/h4-15,22H,3H2,1-2H3,(H,27,30)(H,28,31). The van der Waals surface area contributed by atoms with Gasteiger partial charge >= 0.3 is 5.97 Å². The second-order valence-electron chi connectivity index (χ2n) is 7.58. The first-order valence-electron chi connectivity index (χ1n) is 10.8. The quantitative estimate of drug-likeness (QED) is 0.346. The molecule has 1 unspecified atom stereocenters. The lowest BCUT2D eigenvalue weighted by Gasteiger charge is -2.17. The molecule has 2 amide bonds. The molecule has 4 aromatic rings. The van der Waals surface area contributed by atoms with E-state index in [-0.39, 0.29) is 5.91 Å². The van der Waals surface area contributed by atoms with Gasteiger partial charge in [0.2, 0.25) is 5.91 Å². The second-order valence-corrected chi connectivity index (χ2v) is 8.61. The lowest BCUT2D eigenvalue weighted by Crippen LogP contribution is -2.32. The van der Waals surface area contributed by atoms with E-state index in [1.165, 1.54) is 18.3 Å². The number of fused-ring (bicyclic) bond motifs is 1. The van der Waals surface area contributed by atoms with Gasteiger partial charge in [-0.25, -0.2) is 9.78 Å². The zero-order valence-electron chi connectivity index (χ0n) is 18.7. The molecule has 3 aromatic carbocycles. The minimum atomic E-state index is -0.967. The van der Waals surface area contributed by atoms with Crippen molar-refractivity contribution in [2.75, 3.05) is 10.6 Å². The zero-order chi connectivity index (χ0) is 24.1. The third kappa shape index (κ3) is 5.29. The Balaban J connectivity index is 1.49. The number of thiazole rings is 1. The summed E-state index contributed by atoms with van der Waals surface area (Å²) in [6, 6.07) is 21.6. The zero-order valence-corrected chi connectivity index (χ0v) is 19.5. The van der Waals surface area contributed by atoms with Crippen LogP contribution in [0.25, 0.3) is 20.8 Å². The summed E-state index contributed by atoms with van der Waals surface area (Å²) in [5.74, 6) is -1.20. The van der Waals surface area contributed by atoms with Gasteiger partial charge in [-0.2, -0.15) is 0 Å². The van der Waals surface area contributed by atoms with Gasteiger partial charge in [-0.05, 0) is 48.9 Å². The highest BCUT2D eigenvalue weighted by Gasteiger charge is 2.24. The fraction of sp³-hybridized carbons (Fsp3) is 0.154. The Bertz CT molecular complexity index is 1310. The van der Waals surface area contributed by atoms with Crippen LogP contribution in [0.2, 0.25) is 0 Å². The van der Waals surface area contributed by atoms with Crippen molar-refractivity contribution in [3.05, 3.63) is 78.4 Å². The number of rotatable bonds is 7. The summed E-state index contributed by atoms with van der Waals surface area (Å²) in [4.78, 5) is 41.6. The van der Waals surface area contributed by atoms with E-state index in [9.17, 15) is 14.4 Å². The largest absolute Gasteiger partial charge is 0.449 e. The van der Waals surface area contributed by atoms with Crippen molar-refractivity contribution < 1.29 is 19.1 Å². The van der Waals surface area contributed by atoms with Crippen molar-refractivity contribution in [2.45, 2.75) is 26.4 Å². The number of carbonyl (C=O) groups excluding carboxylic acids is 3. The van der Waals surface area contributed by atoms with Crippen molar-refractivity contribution >= 4 is 50.7 Å². The van der Waals surface area contributed by atoms with E-state index in [1.807, 2.05) is 36.4 Å². The summed E-state index contributed by atoms with van der Waals surface area (Å²) >= 11 is 1.49. The van der Waals surface area contributed by atoms with Gasteiger partial charge in [-0.3, -0.25) is 9.59 Å². The molecule has 7 nitrogen and oxygen atoms in total. The molecule has 1 aromatic heterocycles. The molecule has 8 heteroatoms. The van der Waals surface area contributed by atoms with E-state index in [0.29, 0.717) is 33.9 Å². The Morgan fingerprint density at radius 2 is 1.56 bits per heavy atom. The maximum Gasteiger partial charge on any atom is 0.339 e. The highest BCUT2D eigenvalue weighted by Crippen LogP contribution is 2.32. The number of ether oxygens (including phenoxy) is 1.